The summed E-state index contributed by atoms with van der Waals surface area (Å²) >= 11 is 5.92. The van der Waals surface area contributed by atoms with Crippen LogP contribution in [0.4, 0.5) is 0 Å². The lowest BCUT2D eigenvalue weighted by molar-refractivity contribution is -0.129. The minimum Gasteiger partial charge on any atom is -0.409 e. The van der Waals surface area contributed by atoms with E-state index in [2.05, 4.69) is 10.5 Å². The molecule has 114 valence electrons. The van der Waals surface area contributed by atoms with Crippen LogP contribution in [0.25, 0.3) is 0 Å². The van der Waals surface area contributed by atoms with Crippen molar-refractivity contribution in [2.45, 2.75) is 38.6 Å². The Hall–Kier alpha value is -1.75. The van der Waals surface area contributed by atoms with Gasteiger partial charge in [-0.15, -0.1) is 0 Å². The van der Waals surface area contributed by atoms with E-state index >= 15 is 0 Å². The van der Waals surface area contributed by atoms with Crippen LogP contribution >= 0.6 is 11.6 Å². The summed E-state index contributed by atoms with van der Waals surface area (Å²) in [6.45, 7) is 0.375. The number of hydrogen-bond acceptors (Lipinski definition) is 3. The molecule has 0 unspecified atom stereocenters. The normalized spacial score (nSPS) is 18.2. The lowest BCUT2D eigenvalue weighted by atomic mass is 9.72. The number of rotatable bonds is 4. The van der Waals surface area contributed by atoms with Crippen LogP contribution in [-0.2, 0) is 11.3 Å². The molecule has 1 aliphatic rings. The molecular formula is C15H20ClN3O2. The first kappa shape index (κ1) is 15.6. The van der Waals surface area contributed by atoms with Crippen molar-refractivity contribution in [2.75, 3.05) is 0 Å². The van der Waals surface area contributed by atoms with Crippen LogP contribution in [0.3, 0.4) is 0 Å². The SMILES string of the molecule is NC(=NO)C1(C(=O)NCc2cccc(Cl)c2)CCCCC1. The van der Waals surface area contributed by atoms with Gasteiger partial charge in [0.1, 0.15) is 5.41 Å². The van der Waals surface area contributed by atoms with Crippen LogP contribution < -0.4 is 11.1 Å². The van der Waals surface area contributed by atoms with Crippen molar-refractivity contribution in [3.63, 3.8) is 0 Å². The Morgan fingerprint density at radius 2 is 2.10 bits per heavy atom. The zero-order chi connectivity index (χ0) is 15.3. The van der Waals surface area contributed by atoms with E-state index in [1.165, 1.54) is 0 Å². The van der Waals surface area contributed by atoms with Gasteiger partial charge in [0.15, 0.2) is 5.84 Å². The molecule has 0 heterocycles. The number of hydrogen-bond donors (Lipinski definition) is 3. The highest BCUT2D eigenvalue weighted by atomic mass is 35.5. The predicted octanol–water partition coefficient (Wildman–Crippen LogP) is 2.65. The zero-order valence-electron chi connectivity index (χ0n) is 11.8. The van der Waals surface area contributed by atoms with Crippen molar-refractivity contribution >= 4 is 23.3 Å². The van der Waals surface area contributed by atoms with Crippen LogP contribution in [0.2, 0.25) is 5.02 Å². The minimum atomic E-state index is -0.883. The Morgan fingerprint density at radius 3 is 2.71 bits per heavy atom. The standard InChI is InChI=1S/C15H20ClN3O2/c16-12-6-4-5-11(9-12)10-18-14(20)15(13(17)19-21)7-2-1-3-8-15/h4-6,9,21H,1-3,7-8,10H2,(H2,17,19)(H,18,20). The molecule has 0 atom stereocenters. The molecule has 0 saturated heterocycles. The molecule has 1 saturated carbocycles. The summed E-state index contributed by atoms with van der Waals surface area (Å²) in [5.41, 5.74) is 5.83. The summed E-state index contributed by atoms with van der Waals surface area (Å²) in [5, 5.41) is 15.6. The molecule has 1 aromatic rings. The number of oxime groups is 1. The molecule has 1 aromatic carbocycles. The van der Waals surface area contributed by atoms with E-state index in [0.29, 0.717) is 24.4 Å². The van der Waals surface area contributed by atoms with Crippen molar-refractivity contribution in [1.29, 1.82) is 0 Å². The number of carbonyl (C=O) groups is 1. The smallest absolute Gasteiger partial charge is 0.234 e. The fourth-order valence-corrected chi connectivity index (χ4v) is 3.06. The number of carbonyl (C=O) groups excluding carboxylic acids is 1. The molecular weight excluding hydrogens is 290 g/mol. The maximum absolute atomic E-state index is 12.6. The highest BCUT2D eigenvalue weighted by Gasteiger charge is 2.43. The van der Waals surface area contributed by atoms with Gasteiger partial charge in [-0.1, -0.05) is 48.2 Å². The summed E-state index contributed by atoms with van der Waals surface area (Å²) < 4.78 is 0. The summed E-state index contributed by atoms with van der Waals surface area (Å²) in [4.78, 5) is 12.6. The van der Waals surface area contributed by atoms with E-state index in [1.807, 2.05) is 12.1 Å². The van der Waals surface area contributed by atoms with Gasteiger partial charge >= 0.3 is 0 Å². The van der Waals surface area contributed by atoms with E-state index in [1.54, 1.807) is 12.1 Å². The molecule has 21 heavy (non-hydrogen) atoms. The van der Waals surface area contributed by atoms with Gasteiger partial charge in [0, 0.05) is 11.6 Å². The van der Waals surface area contributed by atoms with Gasteiger partial charge in [-0.3, -0.25) is 4.79 Å². The van der Waals surface area contributed by atoms with Crippen LogP contribution in [0.15, 0.2) is 29.4 Å². The second-order valence-corrected chi connectivity index (χ2v) is 5.88. The van der Waals surface area contributed by atoms with Gasteiger partial charge in [0.25, 0.3) is 0 Å². The number of benzene rings is 1. The number of amides is 1. The van der Waals surface area contributed by atoms with E-state index in [4.69, 9.17) is 22.5 Å². The molecule has 2 rings (SSSR count). The Labute approximate surface area is 129 Å². The minimum absolute atomic E-state index is 0.00536. The molecule has 5 nitrogen and oxygen atoms in total. The molecule has 1 amide bonds. The average Bonchev–Trinajstić information content (AvgIpc) is 2.52. The van der Waals surface area contributed by atoms with Gasteiger partial charge in [0.05, 0.1) is 0 Å². The topological polar surface area (TPSA) is 87.7 Å². The van der Waals surface area contributed by atoms with Gasteiger partial charge in [-0.05, 0) is 30.5 Å². The number of amidine groups is 1. The van der Waals surface area contributed by atoms with Crippen LogP contribution in [-0.4, -0.2) is 17.0 Å². The Morgan fingerprint density at radius 1 is 1.38 bits per heavy atom. The molecule has 0 aromatic heterocycles. The number of nitrogens with two attached hydrogens (primary N) is 1. The summed E-state index contributed by atoms with van der Waals surface area (Å²) in [6, 6.07) is 7.32. The van der Waals surface area contributed by atoms with E-state index in [-0.39, 0.29) is 11.7 Å². The first-order valence-corrected chi connectivity index (χ1v) is 7.47. The second-order valence-electron chi connectivity index (χ2n) is 5.44. The van der Waals surface area contributed by atoms with Crippen LogP contribution in [0.5, 0.6) is 0 Å². The first-order valence-electron chi connectivity index (χ1n) is 7.09. The van der Waals surface area contributed by atoms with Crippen molar-refractivity contribution in [2.24, 2.45) is 16.3 Å². The summed E-state index contributed by atoms with van der Waals surface area (Å²) in [6.07, 6.45) is 4.11. The summed E-state index contributed by atoms with van der Waals surface area (Å²) in [7, 11) is 0. The highest BCUT2D eigenvalue weighted by Crippen LogP contribution is 2.36. The Balaban J connectivity index is 2.09. The molecule has 0 spiro atoms. The first-order chi connectivity index (χ1) is 10.1. The zero-order valence-corrected chi connectivity index (χ0v) is 12.6. The van der Waals surface area contributed by atoms with Gasteiger partial charge in [-0.2, -0.15) is 0 Å². The third-order valence-corrected chi connectivity index (χ3v) is 4.32. The fraction of sp³-hybridized carbons (Fsp3) is 0.467. The number of nitrogens with one attached hydrogen (secondary N) is 1. The fourth-order valence-electron chi connectivity index (χ4n) is 2.85. The lowest BCUT2D eigenvalue weighted by Crippen LogP contribution is -2.50. The number of halogens is 1. The maximum Gasteiger partial charge on any atom is 0.234 e. The van der Waals surface area contributed by atoms with Crippen LogP contribution in [0, 0.1) is 5.41 Å². The van der Waals surface area contributed by atoms with Crippen molar-refractivity contribution in [3.05, 3.63) is 34.9 Å². The van der Waals surface area contributed by atoms with Crippen molar-refractivity contribution < 1.29 is 10.0 Å². The van der Waals surface area contributed by atoms with E-state index < -0.39 is 5.41 Å². The highest BCUT2D eigenvalue weighted by molar-refractivity contribution is 6.30. The molecule has 0 aliphatic heterocycles. The maximum atomic E-state index is 12.6. The largest absolute Gasteiger partial charge is 0.409 e. The average molecular weight is 310 g/mol. The summed E-state index contributed by atoms with van der Waals surface area (Å²) in [5.74, 6) is -0.178. The molecule has 0 bridgehead atoms. The molecule has 1 fully saturated rings. The van der Waals surface area contributed by atoms with E-state index in [0.717, 1.165) is 24.8 Å². The quantitative estimate of drug-likeness (QED) is 0.346. The predicted molar refractivity (Wildman–Crippen MR) is 82.2 cm³/mol. The van der Waals surface area contributed by atoms with Gasteiger partial charge in [0.2, 0.25) is 5.91 Å². The number of nitrogens with zero attached hydrogens (tertiary/aromatic N) is 1. The Bertz CT molecular complexity index is 539. The van der Waals surface area contributed by atoms with Crippen LogP contribution in [0.1, 0.15) is 37.7 Å². The van der Waals surface area contributed by atoms with Gasteiger partial charge in [-0.25, -0.2) is 0 Å². The molecule has 4 N–H and O–H groups in total. The van der Waals surface area contributed by atoms with Crippen molar-refractivity contribution in [1.82, 2.24) is 5.32 Å². The third kappa shape index (κ3) is 3.47. The molecule has 6 heteroatoms. The Kier molecular flexibility index (Phi) is 5.07. The van der Waals surface area contributed by atoms with Gasteiger partial charge < -0.3 is 16.3 Å². The second kappa shape index (κ2) is 6.80. The van der Waals surface area contributed by atoms with Crippen molar-refractivity contribution in [3.8, 4) is 0 Å². The molecule has 0 radical (unpaired) electrons. The molecule has 1 aliphatic carbocycles. The monoisotopic (exact) mass is 309 g/mol. The van der Waals surface area contributed by atoms with E-state index in [9.17, 15) is 4.79 Å². The lowest BCUT2D eigenvalue weighted by Gasteiger charge is -2.34. The third-order valence-electron chi connectivity index (χ3n) is 4.08.